The van der Waals surface area contributed by atoms with E-state index in [0.29, 0.717) is 35.9 Å². The van der Waals surface area contributed by atoms with Gasteiger partial charge in [-0.3, -0.25) is 4.79 Å². The zero-order valence-electron chi connectivity index (χ0n) is 15.6. The average molecular weight is 413 g/mol. The number of amides is 1. The SMILES string of the molecule is C=C/C=C(/CCNC(=O)c1cc(Cc2ccsc2)on1)c1cc(Cl)ccc1C. The van der Waals surface area contributed by atoms with Crippen molar-refractivity contribution in [3.8, 4) is 0 Å². The monoisotopic (exact) mass is 412 g/mol. The number of thiophene rings is 1. The molecule has 1 N–H and O–H groups in total. The Morgan fingerprint density at radius 3 is 2.96 bits per heavy atom. The summed E-state index contributed by atoms with van der Waals surface area (Å²) in [7, 11) is 0. The maximum Gasteiger partial charge on any atom is 0.273 e. The Balaban J connectivity index is 1.59. The number of halogens is 1. The summed E-state index contributed by atoms with van der Waals surface area (Å²) in [6.45, 7) is 6.29. The van der Waals surface area contributed by atoms with Crippen LogP contribution in [-0.4, -0.2) is 17.6 Å². The van der Waals surface area contributed by atoms with Gasteiger partial charge in [0, 0.05) is 24.1 Å². The lowest BCUT2D eigenvalue weighted by Gasteiger charge is -2.11. The molecule has 1 amide bonds. The second-order valence-electron chi connectivity index (χ2n) is 6.38. The van der Waals surface area contributed by atoms with Crippen LogP contribution in [0.2, 0.25) is 5.02 Å². The van der Waals surface area contributed by atoms with E-state index in [0.717, 1.165) is 22.3 Å². The molecule has 6 heteroatoms. The summed E-state index contributed by atoms with van der Waals surface area (Å²) < 4.78 is 5.28. The van der Waals surface area contributed by atoms with Crippen LogP contribution in [0.1, 0.15) is 39.4 Å². The highest BCUT2D eigenvalue weighted by Gasteiger charge is 2.13. The van der Waals surface area contributed by atoms with E-state index in [4.69, 9.17) is 16.1 Å². The minimum absolute atomic E-state index is 0.249. The molecule has 28 heavy (non-hydrogen) atoms. The van der Waals surface area contributed by atoms with Gasteiger partial charge in [-0.1, -0.05) is 41.6 Å². The maximum atomic E-state index is 12.4. The van der Waals surface area contributed by atoms with E-state index in [1.54, 1.807) is 23.5 Å². The largest absolute Gasteiger partial charge is 0.360 e. The Kier molecular flexibility index (Phi) is 6.85. The molecule has 0 aliphatic carbocycles. The van der Waals surface area contributed by atoms with Crippen molar-refractivity contribution in [2.75, 3.05) is 6.54 Å². The van der Waals surface area contributed by atoms with E-state index >= 15 is 0 Å². The van der Waals surface area contributed by atoms with Crippen LogP contribution in [0.3, 0.4) is 0 Å². The molecule has 144 valence electrons. The van der Waals surface area contributed by atoms with Gasteiger partial charge in [-0.15, -0.1) is 0 Å². The van der Waals surface area contributed by atoms with E-state index in [2.05, 4.69) is 17.1 Å². The second kappa shape index (κ2) is 9.53. The third-order valence-electron chi connectivity index (χ3n) is 4.29. The van der Waals surface area contributed by atoms with Gasteiger partial charge < -0.3 is 9.84 Å². The summed E-state index contributed by atoms with van der Waals surface area (Å²) in [5, 5.41) is 11.5. The molecule has 0 saturated carbocycles. The molecule has 0 radical (unpaired) electrons. The highest BCUT2D eigenvalue weighted by atomic mass is 35.5. The number of hydrogen-bond acceptors (Lipinski definition) is 4. The second-order valence-corrected chi connectivity index (χ2v) is 7.60. The van der Waals surface area contributed by atoms with E-state index in [1.165, 1.54) is 0 Å². The molecule has 2 heterocycles. The molecule has 0 unspecified atom stereocenters. The lowest BCUT2D eigenvalue weighted by Crippen LogP contribution is -2.24. The molecule has 1 aromatic carbocycles. The van der Waals surface area contributed by atoms with Gasteiger partial charge in [0.15, 0.2) is 5.69 Å². The van der Waals surface area contributed by atoms with Crippen molar-refractivity contribution < 1.29 is 9.32 Å². The average Bonchev–Trinajstić information content (AvgIpc) is 3.35. The molecule has 3 aromatic rings. The number of aromatic nitrogens is 1. The van der Waals surface area contributed by atoms with Crippen LogP contribution in [-0.2, 0) is 6.42 Å². The lowest BCUT2D eigenvalue weighted by atomic mass is 9.97. The molecular formula is C22H21ClN2O2S. The molecule has 0 bridgehead atoms. The first-order valence-corrected chi connectivity index (χ1v) is 10.2. The lowest BCUT2D eigenvalue weighted by molar-refractivity contribution is 0.0945. The van der Waals surface area contributed by atoms with Crippen molar-refractivity contribution >= 4 is 34.4 Å². The zero-order chi connectivity index (χ0) is 19.9. The van der Waals surface area contributed by atoms with Crippen LogP contribution in [0, 0.1) is 6.92 Å². The predicted molar refractivity (Wildman–Crippen MR) is 115 cm³/mol. The first kappa shape index (κ1) is 20.1. The molecule has 2 aromatic heterocycles. The Morgan fingerprint density at radius 2 is 2.21 bits per heavy atom. The Morgan fingerprint density at radius 1 is 1.36 bits per heavy atom. The van der Waals surface area contributed by atoms with Gasteiger partial charge >= 0.3 is 0 Å². The van der Waals surface area contributed by atoms with Crippen molar-refractivity contribution in [1.29, 1.82) is 0 Å². The quantitative estimate of drug-likeness (QED) is 0.484. The van der Waals surface area contributed by atoms with Gasteiger partial charge in [0.05, 0.1) is 0 Å². The molecule has 0 saturated heterocycles. The molecular weight excluding hydrogens is 392 g/mol. The Bertz CT molecular complexity index is 990. The molecule has 4 nitrogen and oxygen atoms in total. The molecule has 3 rings (SSSR count). The smallest absolute Gasteiger partial charge is 0.273 e. The summed E-state index contributed by atoms with van der Waals surface area (Å²) in [5.74, 6) is 0.423. The number of nitrogens with one attached hydrogen (secondary N) is 1. The number of benzene rings is 1. The molecule has 0 fully saturated rings. The summed E-state index contributed by atoms with van der Waals surface area (Å²) in [6, 6.07) is 9.50. The fraction of sp³-hybridized carbons (Fsp3) is 0.182. The zero-order valence-corrected chi connectivity index (χ0v) is 17.1. The summed E-state index contributed by atoms with van der Waals surface area (Å²) in [5.41, 5.74) is 4.68. The van der Waals surface area contributed by atoms with E-state index < -0.39 is 0 Å². The van der Waals surface area contributed by atoms with Gasteiger partial charge in [-0.25, -0.2) is 0 Å². The summed E-state index contributed by atoms with van der Waals surface area (Å²) in [4.78, 5) is 12.4. The third-order valence-corrected chi connectivity index (χ3v) is 5.26. The van der Waals surface area contributed by atoms with Crippen molar-refractivity contribution in [1.82, 2.24) is 10.5 Å². The molecule has 0 aliphatic heterocycles. The third kappa shape index (κ3) is 5.21. The number of nitrogens with zero attached hydrogens (tertiary/aromatic N) is 1. The number of carbonyl (C=O) groups excluding carboxylic acids is 1. The number of allylic oxidation sites excluding steroid dienone is 2. The maximum absolute atomic E-state index is 12.4. The van der Waals surface area contributed by atoms with Crippen molar-refractivity contribution in [3.63, 3.8) is 0 Å². The van der Waals surface area contributed by atoms with E-state index in [9.17, 15) is 4.79 Å². The van der Waals surface area contributed by atoms with Crippen LogP contribution in [0.15, 0.2) is 64.3 Å². The number of hydrogen-bond donors (Lipinski definition) is 1. The van der Waals surface area contributed by atoms with Crippen LogP contribution in [0.5, 0.6) is 0 Å². The first-order valence-electron chi connectivity index (χ1n) is 8.90. The Labute approximate surface area is 173 Å². The van der Waals surface area contributed by atoms with Crippen LogP contribution >= 0.6 is 22.9 Å². The normalized spacial score (nSPS) is 11.4. The van der Waals surface area contributed by atoms with Crippen LogP contribution < -0.4 is 5.32 Å². The molecule has 0 spiro atoms. The minimum atomic E-state index is -0.249. The highest BCUT2D eigenvalue weighted by molar-refractivity contribution is 7.07. The van der Waals surface area contributed by atoms with Crippen molar-refractivity contribution in [3.05, 3.63) is 93.0 Å². The van der Waals surface area contributed by atoms with E-state index in [-0.39, 0.29) is 5.91 Å². The number of aryl methyl sites for hydroxylation is 1. The Hall–Kier alpha value is -2.63. The molecule has 0 aliphatic rings. The topological polar surface area (TPSA) is 55.1 Å². The summed E-state index contributed by atoms with van der Waals surface area (Å²) >= 11 is 7.77. The number of carbonyl (C=O) groups is 1. The van der Waals surface area contributed by atoms with Gasteiger partial charge in [-0.2, -0.15) is 11.3 Å². The van der Waals surface area contributed by atoms with Crippen LogP contribution in [0.25, 0.3) is 5.57 Å². The predicted octanol–water partition coefficient (Wildman–Crippen LogP) is 5.68. The van der Waals surface area contributed by atoms with E-state index in [1.807, 2.05) is 48.0 Å². The van der Waals surface area contributed by atoms with Gasteiger partial charge in [0.2, 0.25) is 0 Å². The van der Waals surface area contributed by atoms with Crippen molar-refractivity contribution in [2.24, 2.45) is 0 Å². The standard InChI is InChI=1S/C22H21ClN2O2S/c1-3-4-17(20-12-18(23)6-5-15(20)2)7-9-24-22(26)21-13-19(27-25-21)11-16-8-10-28-14-16/h3-6,8,10,12-14H,1,7,9,11H2,2H3,(H,24,26)/b17-4-. The summed E-state index contributed by atoms with van der Waals surface area (Å²) in [6.07, 6.45) is 4.97. The fourth-order valence-corrected chi connectivity index (χ4v) is 3.73. The van der Waals surface area contributed by atoms with Gasteiger partial charge in [0.1, 0.15) is 5.76 Å². The highest BCUT2D eigenvalue weighted by Crippen LogP contribution is 2.25. The fourth-order valence-electron chi connectivity index (χ4n) is 2.89. The molecule has 0 atom stereocenters. The number of rotatable bonds is 8. The first-order chi connectivity index (χ1) is 13.6. The van der Waals surface area contributed by atoms with Gasteiger partial charge in [0.25, 0.3) is 5.91 Å². The minimum Gasteiger partial charge on any atom is -0.360 e. The van der Waals surface area contributed by atoms with Gasteiger partial charge in [-0.05, 0) is 64.6 Å². The van der Waals surface area contributed by atoms with Crippen LogP contribution in [0.4, 0.5) is 0 Å². The van der Waals surface area contributed by atoms with Crippen molar-refractivity contribution in [2.45, 2.75) is 19.8 Å².